The summed E-state index contributed by atoms with van der Waals surface area (Å²) in [5, 5.41) is 13.1. The molecular weight excluding hydrogens is 252 g/mol. The van der Waals surface area contributed by atoms with Crippen molar-refractivity contribution >= 4 is 17.3 Å². The lowest BCUT2D eigenvalue weighted by atomic mass is 10.0. The van der Waals surface area contributed by atoms with Gasteiger partial charge in [-0.1, -0.05) is 0 Å². The van der Waals surface area contributed by atoms with Crippen LogP contribution in [0.5, 0.6) is 11.5 Å². The van der Waals surface area contributed by atoms with Crippen LogP contribution in [0, 0.1) is 0 Å². The number of carboxylic acid groups (broad SMARTS) is 1. The molecule has 5 heteroatoms. The summed E-state index contributed by atoms with van der Waals surface area (Å²) in [6.07, 6.45) is 0. The molecule has 0 unspecified atom stereocenters. The Bertz CT molecular complexity index is 561. The largest absolute Gasteiger partial charge is 0.493 e. The molecule has 1 heterocycles. The highest BCUT2D eigenvalue weighted by Crippen LogP contribution is 2.36. The number of carboxylic acids is 1. The van der Waals surface area contributed by atoms with Crippen LogP contribution in [0.3, 0.4) is 0 Å². The third-order valence-electron chi connectivity index (χ3n) is 2.56. The van der Waals surface area contributed by atoms with Crippen LogP contribution in [0.25, 0.3) is 11.1 Å². The van der Waals surface area contributed by atoms with E-state index in [2.05, 4.69) is 0 Å². The van der Waals surface area contributed by atoms with E-state index in [0.717, 1.165) is 11.1 Å². The van der Waals surface area contributed by atoms with Gasteiger partial charge in [-0.15, -0.1) is 0 Å². The maximum Gasteiger partial charge on any atom is 0.339 e. The molecule has 2 aromatic rings. The standard InChI is InChI=1S/C13H12O4S/c1-16-11-6-9(8-3-4-18-7-8)5-10(13(14)15)12(11)17-2/h3-7H,1-2H3,(H,14,15). The molecule has 0 aliphatic heterocycles. The van der Waals surface area contributed by atoms with Crippen molar-refractivity contribution in [3.63, 3.8) is 0 Å². The van der Waals surface area contributed by atoms with Crippen molar-refractivity contribution in [1.29, 1.82) is 0 Å². The van der Waals surface area contributed by atoms with E-state index in [9.17, 15) is 9.90 Å². The lowest BCUT2D eigenvalue weighted by Crippen LogP contribution is -2.03. The summed E-state index contributed by atoms with van der Waals surface area (Å²) in [5.74, 6) is -0.384. The van der Waals surface area contributed by atoms with Gasteiger partial charge in [0.15, 0.2) is 11.5 Å². The van der Waals surface area contributed by atoms with Crippen molar-refractivity contribution in [2.24, 2.45) is 0 Å². The van der Waals surface area contributed by atoms with Gasteiger partial charge in [-0.05, 0) is 40.1 Å². The predicted octanol–water partition coefficient (Wildman–Crippen LogP) is 3.13. The minimum atomic E-state index is -1.04. The van der Waals surface area contributed by atoms with E-state index in [-0.39, 0.29) is 11.3 Å². The molecule has 0 bridgehead atoms. The lowest BCUT2D eigenvalue weighted by Gasteiger charge is -2.12. The molecule has 2 rings (SSSR count). The van der Waals surface area contributed by atoms with Crippen LogP contribution in [0.1, 0.15) is 10.4 Å². The van der Waals surface area contributed by atoms with E-state index in [1.54, 1.807) is 23.5 Å². The number of thiophene rings is 1. The molecule has 4 nitrogen and oxygen atoms in total. The van der Waals surface area contributed by atoms with Crippen LogP contribution in [-0.2, 0) is 0 Å². The Morgan fingerprint density at radius 3 is 2.50 bits per heavy atom. The SMILES string of the molecule is COc1cc(-c2ccsc2)cc(C(=O)O)c1OC. The van der Waals surface area contributed by atoms with Crippen LogP contribution < -0.4 is 9.47 Å². The molecule has 0 aliphatic rings. The zero-order valence-electron chi connectivity index (χ0n) is 9.97. The number of ether oxygens (including phenoxy) is 2. The summed E-state index contributed by atoms with van der Waals surface area (Å²) in [5.41, 5.74) is 1.85. The molecule has 1 N–H and O–H groups in total. The van der Waals surface area contributed by atoms with Crippen molar-refractivity contribution in [2.45, 2.75) is 0 Å². The van der Waals surface area contributed by atoms with Crippen molar-refractivity contribution in [2.75, 3.05) is 14.2 Å². The molecule has 1 aromatic heterocycles. The molecule has 0 amide bonds. The van der Waals surface area contributed by atoms with E-state index >= 15 is 0 Å². The molecule has 0 spiro atoms. The second kappa shape index (κ2) is 5.10. The van der Waals surface area contributed by atoms with E-state index in [0.29, 0.717) is 5.75 Å². The van der Waals surface area contributed by atoms with Gasteiger partial charge in [-0.2, -0.15) is 11.3 Å². The van der Waals surface area contributed by atoms with E-state index in [1.165, 1.54) is 14.2 Å². The Hall–Kier alpha value is -2.01. The van der Waals surface area contributed by atoms with E-state index in [1.807, 2.05) is 16.8 Å². The van der Waals surface area contributed by atoms with Gasteiger partial charge in [0.1, 0.15) is 5.56 Å². The average Bonchev–Trinajstić information content (AvgIpc) is 2.90. The molecule has 0 saturated heterocycles. The molecule has 94 valence electrons. The van der Waals surface area contributed by atoms with Crippen molar-refractivity contribution in [1.82, 2.24) is 0 Å². The van der Waals surface area contributed by atoms with Gasteiger partial charge in [0.05, 0.1) is 14.2 Å². The number of rotatable bonds is 4. The average molecular weight is 264 g/mol. The number of hydrogen-bond donors (Lipinski definition) is 1. The molecule has 1 aromatic carbocycles. The Kier molecular flexibility index (Phi) is 3.53. The molecule has 18 heavy (non-hydrogen) atoms. The maximum atomic E-state index is 11.2. The van der Waals surface area contributed by atoms with Gasteiger partial charge in [-0.3, -0.25) is 0 Å². The van der Waals surface area contributed by atoms with Crippen LogP contribution in [0.15, 0.2) is 29.0 Å². The summed E-state index contributed by atoms with van der Waals surface area (Å²) in [4.78, 5) is 11.2. The van der Waals surface area contributed by atoms with E-state index < -0.39 is 5.97 Å². The summed E-state index contributed by atoms with van der Waals surface area (Å²) < 4.78 is 10.3. The van der Waals surface area contributed by atoms with Gasteiger partial charge in [0, 0.05) is 0 Å². The predicted molar refractivity (Wildman–Crippen MR) is 69.8 cm³/mol. The highest BCUT2D eigenvalue weighted by molar-refractivity contribution is 7.08. The third kappa shape index (κ3) is 2.17. The Morgan fingerprint density at radius 1 is 1.22 bits per heavy atom. The molecular formula is C13H12O4S. The highest BCUT2D eigenvalue weighted by atomic mass is 32.1. The quantitative estimate of drug-likeness (QED) is 0.921. The minimum absolute atomic E-state index is 0.0954. The fourth-order valence-corrected chi connectivity index (χ4v) is 2.38. The first-order valence-corrected chi connectivity index (χ1v) is 6.13. The summed E-state index contributed by atoms with van der Waals surface area (Å²) in [6, 6.07) is 5.29. The molecule has 0 saturated carbocycles. The van der Waals surface area contributed by atoms with E-state index in [4.69, 9.17) is 9.47 Å². The Labute approximate surface area is 108 Å². The molecule has 0 fully saturated rings. The zero-order valence-corrected chi connectivity index (χ0v) is 10.8. The number of aromatic carboxylic acids is 1. The van der Waals surface area contributed by atoms with Gasteiger partial charge in [-0.25, -0.2) is 4.79 Å². The smallest absolute Gasteiger partial charge is 0.339 e. The number of methoxy groups -OCH3 is 2. The fraction of sp³-hybridized carbons (Fsp3) is 0.154. The Morgan fingerprint density at radius 2 is 2.00 bits per heavy atom. The van der Waals surface area contributed by atoms with Crippen molar-refractivity contribution < 1.29 is 19.4 Å². The summed E-state index contributed by atoms with van der Waals surface area (Å²) in [7, 11) is 2.91. The van der Waals surface area contributed by atoms with Crippen LogP contribution in [0.4, 0.5) is 0 Å². The van der Waals surface area contributed by atoms with Crippen LogP contribution >= 0.6 is 11.3 Å². The lowest BCUT2D eigenvalue weighted by molar-refractivity contribution is 0.0692. The van der Waals surface area contributed by atoms with Gasteiger partial charge in [0.2, 0.25) is 0 Å². The first kappa shape index (κ1) is 12.4. The topological polar surface area (TPSA) is 55.8 Å². The van der Waals surface area contributed by atoms with Crippen molar-refractivity contribution in [3.05, 3.63) is 34.5 Å². The normalized spacial score (nSPS) is 10.1. The molecule has 0 atom stereocenters. The second-order valence-electron chi connectivity index (χ2n) is 3.58. The Balaban J connectivity index is 2.64. The number of hydrogen-bond acceptors (Lipinski definition) is 4. The van der Waals surface area contributed by atoms with Gasteiger partial charge >= 0.3 is 5.97 Å². The van der Waals surface area contributed by atoms with Gasteiger partial charge < -0.3 is 14.6 Å². The monoisotopic (exact) mass is 264 g/mol. The van der Waals surface area contributed by atoms with Crippen LogP contribution in [0.2, 0.25) is 0 Å². The minimum Gasteiger partial charge on any atom is -0.493 e. The number of carbonyl (C=O) groups is 1. The van der Waals surface area contributed by atoms with Crippen molar-refractivity contribution in [3.8, 4) is 22.6 Å². The van der Waals surface area contributed by atoms with Gasteiger partial charge in [0.25, 0.3) is 0 Å². The zero-order chi connectivity index (χ0) is 13.1. The first-order valence-electron chi connectivity index (χ1n) is 5.19. The molecule has 0 radical (unpaired) electrons. The summed E-state index contributed by atoms with van der Waals surface area (Å²) >= 11 is 1.55. The number of benzene rings is 1. The first-order chi connectivity index (χ1) is 8.67. The maximum absolute atomic E-state index is 11.2. The second-order valence-corrected chi connectivity index (χ2v) is 4.36. The highest BCUT2D eigenvalue weighted by Gasteiger charge is 2.18. The summed E-state index contributed by atoms with van der Waals surface area (Å²) in [6.45, 7) is 0. The molecule has 0 aliphatic carbocycles. The third-order valence-corrected chi connectivity index (χ3v) is 3.25. The van der Waals surface area contributed by atoms with Crippen LogP contribution in [-0.4, -0.2) is 25.3 Å². The fourth-order valence-electron chi connectivity index (χ4n) is 1.72.